The molecule has 0 N–H and O–H groups in total. The molecule has 0 atom stereocenters. The lowest BCUT2D eigenvalue weighted by molar-refractivity contribution is -0.125. The Morgan fingerprint density at radius 3 is 2.43 bits per heavy atom. The quantitative estimate of drug-likeness (QED) is 0.804. The summed E-state index contributed by atoms with van der Waals surface area (Å²) in [6, 6.07) is 15.3. The maximum atomic E-state index is 12.7. The molecule has 0 unspecified atom stereocenters. The summed E-state index contributed by atoms with van der Waals surface area (Å²) >= 11 is 0. The fraction of sp³-hybridized carbons (Fsp3) is 0.391. The first kappa shape index (κ1) is 19.9. The summed E-state index contributed by atoms with van der Waals surface area (Å²) in [5.74, 6) is 0.607. The zero-order valence-corrected chi connectivity index (χ0v) is 17.1. The normalized spacial score (nSPS) is 13.6. The number of amides is 2. The Morgan fingerprint density at radius 2 is 1.75 bits per heavy atom. The number of nitrogens with zero attached hydrogens (tertiary/aromatic N) is 2. The van der Waals surface area contributed by atoms with Gasteiger partial charge in [0.15, 0.2) is 6.61 Å². The molecule has 1 heterocycles. The van der Waals surface area contributed by atoms with Crippen LogP contribution in [0.5, 0.6) is 5.75 Å². The Hall–Kier alpha value is -2.82. The second-order valence-electron chi connectivity index (χ2n) is 8.17. The van der Waals surface area contributed by atoms with E-state index in [0.717, 1.165) is 30.8 Å². The highest BCUT2D eigenvalue weighted by Crippen LogP contribution is 2.27. The highest BCUT2D eigenvalue weighted by atomic mass is 16.5. The van der Waals surface area contributed by atoms with E-state index in [0.29, 0.717) is 5.75 Å². The predicted molar refractivity (Wildman–Crippen MR) is 112 cm³/mol. The number of rotatable bonds is 4. The fourth-order valence-corrected chi connectivity index (χ4v) is 3.40. The summed E-state index contributed by atoms with van der Waals surface area (Å²) < 4.78 is 5.70. The lowest BCUT2D eigenvalue weighted by Crippen LogP contribution is -2.38. The van der Waals surface area contributed by atoms with Crippen molar-refractivity contribution in [2.24, 2.45) is 5.41 Å². The van der Waals surface area contributed by atoms with Gasteiger partial charge in [-0.2, -0.15) is 0 Å². The number of carbonyl (C=O) groups is 2. The molecule has 1 aliphatic rings. The van der Waals surface area contributed by atoms with Crippen LogP contribution < -0.4 is 14.5 Å². The van der Waals surface area contributed by atoms with Crippen LogP contribution in [-0.2, 0) is 16.0 Å². The molecule has 5 heteroatoms. The van der Waals surface area contributed by atoms with Crippen LogP contribution in [0.4, 0.5) is 11.4 Å². The van der Waals surface area contributed by atoms with E-state index in [1.165, 1.54) is 5.56 Å². The van der Waals surface area contributed by atoms with E-state index in [1.54, 1.807) is 24.1 Å². The lowest BCUT2D eigenvalue weighted by atomic mass is 9.95. The summed E-state index contributed by atoms with van der Waals surface area (Å²) in [5.41, 5.74) is 2.54. The van der Waals surface area contributed by atoms with Gasteiger partial charge in [0.1, 0.15) is 5.75 Å². The van der Waals surface area contributed by atoms with Gasteiger partial charge in [0.2, 0.25) is 5.91 Å². The Kier molecular flexibility index (Phi) is 5.73. The van der Waals surface area contributed by atoms with E-state index in [2.05, 4.69) is 6.07 Å². The van der Waals surface area contributed by atoms with Crippen molar-refractivity contribution in [1.29, 1.82) is 0 Å². The molecule has 1 aliphatic heterocycles. The topological polar surface area (TPSA) is 49.9 Å². The van der Waals surface area contributed by atoms with Crippen LogP contribution in [0.25, 0.3) is 0 Å². The summed E-state index contributed by atoms with van der Waals surface area (Å²) in [4.78, 5) is 28.5. The molecule has 2 amide bonds. The zero-order valence-electron chi connectivity index (χ0n) is 17.1. The summed E-state index contributed by atoms with van der Waals surface area (Å²) in [7, 11) is 1.76. The van der Waals surface area contributed by atoms with Gasteiger partial charge in [-0.25, -0.2) is 0 Å². The Labute approximate surface area is 166 Å². The average molecular weight is 380 g/mol. The van der Waals surface area contributed by atoms with E-state index < -0.39 is 5.41 Å². The SMILES string of the molecule is CN(C(=O)C(C)(C)C)c1ccc(OCC(=O)N2CCCc3ccccc32)cc1. The standard InChI is InChI=1S/C23H28N2O3/c1-23(2,3)22(27)24(4)18-11-13-19(14-12-18)28-16-21(26)25-15-7-9-17-8-5-6-10-20(17)25/h5-6,8,10-14H,7,9,15-16H2,1-4H3. The van der Waals surface area contributed by atoms with Crippen molar-refractivity contribution in [1.82, 2.24) is 0 Å². The third kappa shape index (κ3) is 4.35. The van der Waals surface area contributed by atoms with Crippen molar-refractivity contribution in [2.45, 2.75) is 33.6 Å². The smallest absolute Gasteiger partial charge is 0.264 e. The van der Waals surface area contributed by atoms with Gasteiger partial charge < -0.3 is 14.5 Å². The molecule has 0 fully saturated rings. The summed E-state index contributed by atoms with van der Waals surface area (Å²) in [6.45, 7) is 6.40. The minimum absolute atomic E-state index is 0.00948. The molecule has 148 valence electrons. The molecule has 28 heavy (non-hydrogen) atoms. The first-order valence-electron chi connectivity index (χ1n) is 9.66. The Balaban J connectivity index is 1.61. The number of anilines is 2. The van der Waals surface area contributed by atoms with Crippen molar-refractivity contribution in [3.63, 3.8) is 0 Å². The molecule has 5 nitrogen and oxygen atoms in total. The second kappa shape index (κ2) is 8.05. The molecule has 0 saturated carbocycles. The number of aryl methyl sites for hydroxylation is 1. The molecule has 0 spiro atoms. The van der Waals surface area contributed by atoms with Crippen molar-refractivity contribution >= 4 is 23.2 Å². The largest absolute Gasteiger partial charge is 0.484 e. The molecule has 0 bridgehead atoms. The van der Waals surface area contributed by atoms with Gasteiger partial charge >= 0.3 is 0 Å². The average Bonchev–Trinajstić information content (AvgIpc) is 2.70. The predicted octanol–water partition coefficient (Wildman–Crippen LogP) is 4.05. The number of hydrogen-bond donors (Lipinski definition) is 0. The number of carbonyl (C=O) groups excluding carboxylic acids is 2. The molecule has 0 aromatic heterocycles. The monoisotopic (exact) mass is 380 g/mol. The van der Waals surface area contributed by atoms with Crippen LogP contribution in [0.1, 0.15) is 32.8 Å². The van der Waals surface area contributed by atoms with Gasteiger partial charge in [-0.05, 0) is 48.7 Å². The van der Waals surface area contributed by atoms with Crippen molar-refractivity contribution < 1.29 is 14.3 Å². The van der Waals surface area contributed by atoms with Crippen LogP contribution in [0.2, 0.25) is 0 Å². The van der Waals surface area contributed by atoms with Gasteiger partial charge in [0.05, 0.1) is 0 Å². The maximum Gasteiger partial charge on any atom is 0.264 e. The van der Waals surface area contributed by atoms with Crippen molar-refractivity contribution in [2.75, 3.05) is 30.0 Å². The van der Waals surface area contributed by atoms with Crippen LogP contribution in [-0.4, -0.2) is 32.0 Å². The van der Waals surface area contributed by atoms with Gasteiger partial charge in [0, 0.05) is 30.4 Å². The van der Waals surface area contributed by atoms with Crippen LogP contribution in [0, 0.1) is 5.41 Å². The van der Waals surface area contributed by atoms with E-state index in [-0.39, 0.29) is 18.4 Å². The first-order chi connectivity index (χ1) is 13.3. The minimum Gasteiger partial charge on any atom is -0.484 e. The third-order valence-electron chi connectivity index (χ3n) is 4.94. The van der Waals surface area contributed by atoms with Crippen molar-refractivity contribution in [3.8, 4) is 5.75 Å². The highest BCUT2D eigenvalue weighted by molar-refractivity contribution is 5.96. The fourth-order valence-electron chi connectivity index (χ4n) is 3.40. The summed E-state index contributed by atoms with van der Waals surface area (Å²) in [6.07, 6.45) is 1.97. The van der Waals surface area contributed by atoms with Gasteiger partial charge in [-0.1, -0.05) is 39.0 Å². The van der Waals surface area contributed by atoms with Gasteiger partial charge in [0.25, 0.3) is 5.91 Å². The van der Waals surface area contributed by atoms with E-state index in [4.69, 9.17) is 4.74 Å². The first-order valence-corrected chi connectivity index (χ1v) is 9.66. The number of hydrogen-bond acceptors (Lipinski definition) is 3. The molecule has 0 aliphatic carbocycles. The van der Waals surface area contributed by atoms with Gasteiger partial charge in [-0.15, -0.1) is 0 Å². The minimum atomic E-state index is -0.443. The molecule has 2 aromatic rings. The number of ether oxygens (including phenoxy) is 1. The highest BCUT2D eigenvalue weighted by Gasteiger charge is 2.26. The Bertz CT molecular complexity index is 853. The second-order valence-corrected chi connectivity index (χ2v) is 8.17. The van der Waals surface area contributed by atoms with E-state index in [9.17, 15) is 9.59 Å². The number of benzene rings is 2. The molecular formula is C23H28N2O3. The zero-order chi connectivity index (χ0) is 20.3. The maximum absolute atomic E-state index is 12.7. The molecular weight excluding hydrogens is 352 g/mol. The Morgan fingerprint density at radius 1 is 1.07 bits per heavy atom. The van der Waals surface area contributed by atoms with E-state index >= 15 is 0 Å². The lowest BCUT2D eigenvalue weighted by Gasteiger charge is -2.29. The van der Waals surface area contributed by atoms with Crippen molar-refractivity contribution in [3.05, 3.63) is 54.1 Å². The number of para-hydroxylation sites is 1. The number of fused-ring (bicyclic) bond motifs is 1. The molecule has 0 saturated heterocycles. The summed E-state index contributed by atoms with van der Waals surface area (Å²) in [5, 5.41) is 0. The van der Waals surface area contributed by atoms with Crippen LogP contribution >= 0.6 is 0 Å². The molecule has 2 aromatic carbocycles. The van der Waals surface area contributed by atoms with Crippen LogP contribution in [0.3, 0.4) is 0 Å². The van der Waals surface area contributed by atoms with Gasteiger partial charge in [-0.3, -0.25) is 9.59 Å². The molecule has 0 radical (unpaired) electrons. The molecule has 3 rings (SSSR count). The van der Waals surface area contributed by atoms with E-state index in [1.807, 2.05) is 56.0 Å². The van der Waals surface area contributed by atoms with Crippen LogP contribution in [0.15, 0.2) is 48.5 Å². The third-order valence-corrected chi connectivity index (χ3v) is 4.94.